The number of aromatic nitrogens is 3. The molecule has 0 bridgehead atoms. The molecule has 0 aliphatic rings. The lowest BCUT2D eigenvalue weighted by atomic mass is 10.2. The van der Waals surface area contributed by atoms with Crippen molar-refractivity contribution in [3.63, 3.8) is 0 Å². The molecule has 1 atom stereocenters. The number of ether oxygens (including phenoxy) is 1. The predicted molar refractivity (Wildman–Crippen MR) is 101 cm³/mol. The van der Waals surface area contributed by atoms with E-state index >= 15 is 0 Å². The third-order valence-corrected chi connectivity index (χ3v) is 4.19. The maximum atomic E-state index is 12.4. The number of benzene rings is 1. The van der Waals surface area contributed by atoms with E-state index in [-0.39, 0.29) is 17.4 Å². The third kappa shape index (κ3) is 4.08. The van der Waals surface area contributed by atoms with Crippen molar-refractivity contribution >= 4 is 5.97 Å². The van der Waals surface area contributed by atoms with Gasteiger partial charge >= 0.3 is 5.97 Å². The molecule has 0 saturated carbocycles. The highest BCUT2D eigenvalue weighted by molar-refractivity contribution is 5.87. The zero-order chi connectivity index (χ0) is 19.6. The molecule has 0 amide bonds. The highest BCUT2D eigenvalue weighted by Crippen LogP contribution is 2.19. The Labute approximate surface area is 156 Å². The van der Waals surface area contributed by atoms with Crippen LogP contribution < -0.4 is 10.2 Å². The lowest BCUT2D eigenvalue weighted by Crippen LogP contribution is -2.22. The molecular weight excluding hydrogens is 346 g/mol. The normalized spacial score (nSPS) is 12.0. The van der Waals surface area contributed by atoms with Crippen molar-refractivity contribution in [1.29, 1.82) is 0 Å². The van der Waals surface area contributed by atoms with Crippen LogP contribution >= 0.6 is 0 Å². The van der Waals surface area contributed by atoms with Gasteiger partial charge in [0.1, 0.15) is 11.3 Å². The molecule has 0 fully saturated rings. The summed E-state index contributed by atoms with van der Waals surface area (Å²) in [6, 6.07) is 10.7. The minimum Gasteiger partial charge on any atom is -0.477 e. The van der Waals surface area contributed by atoms with Crippen molar-refractivity contribution in [3.05, 3.63) is 76.0 Å². The molecule has 3 rings (SSSR count). The van der Waals surface area contributed by atoms with Gasteiger partial charge < -0.3 is 14.4 Å². The fourth-order valence-electron chi connectivity index (χ4n) is 3.02. The van der Waals surface area contributed by atoms with Gasteiger partial charge in [-0.3, -0.25) is 9.48 Å². The molecule has 0 aliphatic heterocycles. The molecule has 1 aromatic carbocycles. The number of carboxylic acid groups (broad SMARTS) is 1. The summed E-state index contributed by atoms with van der Waals surface area (Å²) < 4.78 is 9.17. The first kappa shape index (κ1) is 18.4. The van der Waals surface area contributed by atoms with Gasteiger partial charge in [-0.25, -0.2) is 4.79 Å². The van der Waals surface area contributed by atoms with E-state index in [2.05, 4.69) is 5.10 Å². The summed E-state index contributed by atoms with van der Waals surface area (Å²) in [7, 11) is 0. The van der Waals surface area contributed by atoms with Gasteiger partial charge in [0.25, 0.3) is 0 Å². The lowest BCUT2D eigenvalue weighted by Gasteiger charge is -2.18. The highest BCUT2D eigenvalue weighted by atomic mass is 16.5. The second-order valence-corrected chi connectivity index (χ2v) is 6.50. The number of pyridine rings is 1. The van der Waals surface area contributed by atoms with Crippen LogP contribution in [-0.4, -0.2) is 25.4 Å². The van der Waals surface area contributed by atoms with Gasteiger partial charge in [0.05, 0.1) is 17.9 Å². The van der Waals surface area contributed by atoms with Crippen LogP contribution in [0.15, 0.2) is 53.6 Å². The minimum absolute atomic E-state index is 0.0262. The first-order valence-corrected chi connectivity index (χ1v) is 8.58. The quantitative estimate of drug-likeness (QED) is 0.721. The molecule has 27 heavy (non-hydrogen) atoms. The fourth-order valence-corrected chi connectivity index (χ4v) is 3.02. The van der Waals surface area contributed by atoms with Crippen molar-refractivity contribution < 1.29 is 14.6 Å². The van der Waals surface area contributed by atoms with Gasteiger partial charge in [0.15, 0.2) is 5.75 Å². The van der Waals surface area contributed by atoms with E-state index in [1.807, 2.05) is 37.6 Å². The average molecular weight is 367 g/mol. The van der Waals surface area contributed by atoms with Gasteiger partial charge in [0, 0.05) is 18.4 Å². The number of nitrogens with zero attached hydrogens (tertiary/aromatic N) is 3. The van der Waals surface area contributed by atoms with Gasteiger partial charge in [0.2, 0.25) is 5.43 Å². The molecule has 2 heterocycles. The Balaban J connectivity index is 1.96. The summed E-state index contributed by atoms with van der Waals surface area (Å²) in [5.41, 5.74) is 0.948. The van der Waals surface area contributed by atoms with Crippen molar-refractivity contribution in [1.82, 2.24) is 14.3 Å². The Bertz CT molecular complexity index is 1020. The van der Waals surface area contributed by atoms with Gasteiger partial charge in [-0.1, -0.05) is 18.2 Å². The summed E-state index contributed by atoms with van der Waals surface area (Å²) in [6.45, 7) is 6.31. The number of carbonyl (C=O) groups is 1. The minimum atomic E-state index is -1.29. The fraction of sp³-hybridized carbons (Fsp3) is 0.250. The molecule has 3 aromatic rings. The maximum Gasteiger partial charge on any atom is 0.341 e. The molecule has 7 heteroatoms. The Morgan fingerprint density at radius 2 is 1.93 bits per heavy atom. The number of hydrogen-bond acceptors (Lipinski definition) is 4. The van der Waals surface area contributed by atoms with Crippen LogP contribution in [0.5, 0.6) is 11.5 Å². The Morgan fingerprint density at radius 1 is 1.22 bits per heavy atom. The van der Waals surface area contributed by atoms with E-state index in [1.54, 1.807) is 28.8 Å². The van der Waals surface area contributed by atoms with E-state index in [4.69, 9.17) is 4.74 Å². The molecule has 1 N–H and O–H groups in total. The third-order valence-electron chi connectivity index (χ3n) is 4.19. The lowest BCUT2D eigenvalue weighted by molar-refractivity contribution is 0.0693. The van der Waals surface area contributed by atoms with Crippen molar-refractivity contribution in [3.8, 4) is 11.5 Å². The molecule has 0 spiro atoms. The SMILES string of the molecule is Cc1cc(C)n([C@@H](C)Cn2cc(Oc3ccccc3)c(=O)c(C(=O)O)c2)n1. The zero-order valence-electron chi connectivity index (χ0n) is 15.4. The van der Waals surface area contributed by atoms with E-state index in [0.29, 0.717) is 12.3 Å². The Morgan fingerprint density at radius 3 is 2.52 bits per heavy atom. The molecule has 0 radical (unpaired) electrons. The number of aromatic carboxylic acids is 1. The summed E-state index contributed by atoms with van der Waals surface area (Å²) >= 11 is 0. The van der Waals surface area contributed by atoms with Crippen LogP contribution in [0.3, 0.4) is 0 Å². The first-order chi connectivity index (χ1) is 12.8. The highest BCUT2D eigenvalue weighted by Gasteiger charge is 2.17. The Hall–Kier alpha value is -3.35. The Kier molecular flexibility index (Phi) is 5.12. The van der Waals surface area contributed by atoms with Crippen molar-refractivity contribution in [2.45, 2.75) is 33.4 Å². The van der Waals surface area contributed by atoms with Gasteiger partial charge in [-0.2, -0.15) is 5.10 Å². The van der Waals surface area contributed by atoms with Crippen LogP contribution in [-0.2, 0) is 6.54 Å². The standard InChI is InChI=1S/C20H21N3O4/c1-13-9-14(2)23(21-13)15(3)10-22-11-17(20(25)26)19(24)18(12-22)27-16-7-5-4-6-8-16/h4-9,11-12,15H,10H2,1-3H3,(H,25,26)/t15-/m0/s1. The van der Waals surface area contributed by atoms with Gasteiger partial charge in [-0.15, -0.1) is 0 Å². The largest absolute Gasteiger partial charge is 0.477 e. The van der Waals surface area contributed by atoms with Crippen molar-refractivity contribution in [2.75, 3.05) is 0 Å². The summed E-state index contributed by atoms with van der Waals surface area (Å²) in [6.07, 6.45) is 2.87. The topological polar surface area (TPSA) is 86.3 Å². The second kappa shape index (κ2) is 7.49. The zero-order valence-corrected chi connectivity index (χ0v) is 15.4. The number of para-hydroxylation sites is 1. The predicted octanol–water partition coefficient (Wildman–Crippen LogP) is 3.41. The molecule has 0 saturated heterocycles. The summed E-state index contributed by atoms with van der Waals surface area (Å²) in [4.78, 5) is 23.9. The average Bonchev–Trinajstić information content (AvgIpc) is 2.96. The molecule has 2 aromatic heterocycles. The van der Waals surface area contributed by atoms with Crippen LogP contribution in [0.25, 0.3) is 0 Å². The second-order valence-electron chi connectivity index (χ2n) is 6.50. The van der Waals surface area contributed by atoms with E-state index < -0.39 is 11.4 Å². The number of rotatable bonds is 6. The smallest absolute Gasteiger partial charge is 0.341 e. The summed E-state index contributed by atoms with van der Waals surface area (Å²) in [5, 5.41) is 13.9. The molecular formula is C20H21N3O4. The first-order valence-electron chi connectivity index (χ1n) is 8.58. The van der Waals surface area contributed by atoms with Crippen LogP contribution in [0.1, 0.15) is 34.7 Å². The van der Waals surface area contributed by atoms with Crippen LogP contribution in [0.2, 0.25) is 0 Å². The van der Waals surface area contributed by atoms with Crippen LogP contribution in [0, 0.1) is 13.8 Å². The number of carboxylic acids is 1. The molecule has 0 aliphatic carbocycles. The van der Waals surface area contributed by atoms with E-state index in [9.17, 15) is 14.7 Å². The monoisotopic (exact) mass is 367 g/mol. The number of hydrogen-bond donors (Lipinski definition) is 1. The summed E-state index contributed by atoms with van der Waals surface area (Å²) in [5.74, 6) is -0.844. The number of aryl methyl sites for hydroxylation is 2. The van der Waals surface area contributed by atoms with Crippen LogP contribution in [0.4, 0.5) is 0 Å². The van der Waals surface area contributed by atoms with Gasteiger partial charge in [-0.05, 0) is 39.0 Å². The van der Waals surface area contributed by atoms with E-state index in [0.717, 1.165) is 11.4 Å². The molecule has 0 unspecified atom stereocenters. The molecule has 140 valence electrons. The molecule has 7 nitrogen and oxygen atoms in total. The maximum absolute atomic E-state index is 12.4. The van der Waals surface area contributed by atoms with E-state index in [1.165, 1.54) is 12.4 Å². The van der Waals surface area contributed by atoms with Crippen molar-refractivity contribution in [2.24, 2.45) is 0 Å².